The Morgan fingerprint density at radius 2 is 1.62 bits per heavy atom. The van der Waals surface area contributed by atoms with Crippen LogP contribution in [-0.4, -0.2) is 64.0 Å². The van der Waals surface area contributed by atoms with Crippen molar-refractivity contribution >= 4 is 35.4 Å². The van der Waals surface area contributed by atoms with Gasteiger partial charge in [-0.2, -0.15) is 0 Å². The van der Waals surface area contributed by atoms with E-state index in [4.69, 9.17) is 5.11 Å². The highest BCUT2D eigenvalue weighted by molar-refractivity contribution is 6.12. The third-order valence-corrected chi connectivity index (χ3v) is 4.41. The second-order valence-corrected chi connectivity index (χ2v) is 6.87. The number of aliphatic carboxylic acids is 1. The molecule has 0 saturated heterocycles. The number of nitrogens with zero attached hydrogens (tertiary/aromatic N) is 1. The van der Waals surface area contributed by atoms with Gasteiger partial charge in [0.2, 0.25) is 11.8 Å². The molecule has 2 atom stereocenters. The van der Waals surface area contributed by atoms with Gasteiger partial charge in [-0.05, 0) is 33.1 Å². The van der Waals surface area contributed by atoms with Crippen LogP contribution in [-0.2, 0) is 28.8 Å². The molecule has 0 radical (unpaired) electrons. The molecule has 10 nitrogen and oxygen atoms in total. The third-order valence-electron chi connectivity index (χ3n) is 4.41. The summed E-state index contributed by atoms with van der Waals surface area (Å²) in [6.07, 6.45) is 4.08. The van der Waals surface area contributed by atoms with Crippen LogP contribution >= 0.6 is 0 Å². The Morgan fingerprint density at radius 1 is 1.00 bits per heavy atom. The van der Waals surface area contributed by atoms with E-state index in [9.17, 15) is 28.8 Å². The Morgan fingerprint density at radius 3 is 2.17 bits per heavy atom. The zero-order chi connectivity index (χ0) is 22.0. The van der Waals surface area contributed by atoms with E-state index >= 15 is 0 Å². The summed E-state index contributed by atoms with van der Waals surface area (Å²) in [5.74, 6) is -3.00. The van der Waals surface area contributed by atoms with Gasteiger partial charge in [-0.15, -0.1) is 0 Å². The summed E-state index contributed by atoms with van der Waals surface area (Å²) in [6, 6.07) is -1.79. The molecule has 29 heavy (non-hydrogen) atoms. The molecule has 160 valence electrons. The predicted octanol–water partition coefficient (Wildman–Crippen LogP) is -0.0849. The maximum Gasteiger partial charge on any atom is 0.303 e. The number of imide groups is 1. The lowest BCUT2D eigenvalue weighted by atomic mass is 10.1. The Labute approximate surface area is 168 Å². The van der Waals surface area contributed by atoms with Crippen molar-refractivity contribution in [2.24, 2.45) is 0 Å². The van der Waals surface area contributed by atoms with Gasteiger partial charge in [0, 0.05) is 31.5 Å². The molecule has 10 heteroatoms. The van der Waals surface area contributed by atoms with Gasteiger partial charge in [-0.3, -0.25) is 33.7 Å². The highest BCUT2D eigenvalue weighted by Crippen LogP contribution is 2.08. The van der Waals surface area contributed by atoms with Gasteiger partial charge in [0.1, 0.15) is 6.04 Å². The second kappa shape index (κ2) is 11.7. The third kappa shape index (κ3) is 8.67. The number of carboxylic acids is 1. The van der Waals surface area contributed by atoms with Gasteiger partial charge >= 0.3 is 5.97 Å². The van der Waals surface area contributed by atoms with Crippen molar-refractivity contribution in [1.82, 2.24) is 15.5 Å². The lowest BCUT2D eigenvalue weighted by Gasteiger charge is -2.19. The lowest BCUT2D eigenvalue weighted by molar-refractivity contribution is -0.138. The van der Waals surface area contributed by atoms with Gasteiger partial charge in [0.05, 0.1) is 6.04 Å². The minimum absolute atomic E-state index is 0.0192. The molecule has 0 bridgehead atoms. The summed E-state index contributed by atoms with van der Waals surface area (Å²) in [4.78, 5) is 70.2. The van der Waals surface area contributed by atoms with Crippen LogP contribution in [0.5, 0.6) is 0 Å². The molecule has 0 aromatic rings. The smallest absolute Gasteiger partial charge is 0.303 e. The first kappa shape index (κ1) is 24.0. The highest BCUT2D eigenvalue weighted by atomic mass is 16.4. The monoisotopic (exact) mass is 409 g/mol. The molecular weight excluding hydrogens is 382 g/mol. The van der Waals surface area contributed by atoms with Crippen LogP contribution in [0.4, 0.5) is 0 Å². The maximum atomic E-state index is 12.1. The quantitative estimate of drug-likeness (QED) is 0.284. The van der Waals surface area contributed by atoms with Crippen LogP contribution in [0.2, 0.25) is 0 Å². The molecule has 1 heterocycles. The van der Waals surface area contributed by atoms with Gasteiger partial charge < -0.3 is 15.7 Å². The van der Waals surface area contributed by atoms with Gasteiger partial charge in [0.15, 0.2) is 5.78 Å². The molecule has 0 aromatic carbocycles. The Bertz CT molecular complexity index is 684. The molecule has 0 aliphatic carbocycles. The van der Waals surface area contributed by atoms with E-state index in [1.54, 1.807) is 0 Å². The molecule has 0 saturated carbocycles. The standard InChI is InChI=1S/C19H27N3O7/c1-12(19(29)21-14(13(2)23)7-10-18(27)28)20-15(24)6-4-3-5-11-22-16(25)8-9-17(22)26/h8-9,12,14H,3-7,10-11H2,1-2H3,(H,20,24)(H,21,29)(H,27,28)/t12-,14-/m0/s1. The number of nitrogens with one attached hydrogen (secondary N) is 2. The minimum atomic E-state index is -1.07. The molecule has 0 unspecified atom stereocenters. The molecule has 0 spiro atoms. The number of rotatable bonds is 13. The summed E-state index contributed by atoms with van der Waals surface area (Å²) in [5.41, 5.74) is 0. The van der Waals surface area contributed by atoms with Crippen molar-refractivity contribution in [2.45, 2.75) is 64.5 Å². The normalized spacial score (nSPS) is 15.2. The van der Waals surface area contributed by atoms with E-state index in [0.29, 0.717) is 25.8 Å². The zero-order valence-electron chi connectivity index (χ0n) is 16.6. The second-order valence-electron chi connectivity index (χ2n) is 6.87. The van der Waals surface area contributed by atoms with E-state index in [1.807, 2.05) is 0 Å². The summed E-state index contributed by atoms with van der Waals surface area (Å²) >= 11 is 0. The van der Waals surface area contributed by atoms with E-state index in [-0.39, 0.29) is 42.8 Å². The summed E-state index contributed by atoms with van der Waals surface area (Å²) in [5, 5.41) is 13.7. The van der Waals surface area contributed by atoms with Crippen molar-refractivity contribution in [1.29, 1.82) is 0 Å². The van der Waals surface area contributed by atoms with E-state index in [2.05, 4.69) is 10.6 Å². The average Bonchev–Trinajstić information content (AvgIpc) is 2.95. The molecule has 3 N–H and O–H groups in total. The fourth-order valence-corrected chi connectivity index (χ4v) is 2.70. The first-order chi connectivity index (χ1) is 13.6. The topological polar surface area (TPSA) is 150 Å². The summed E-state index contributed by atoms with van der Waals surface area (Å²) in [6.45, 7) is 3.03. The molecule has 1 aliphatic heterocycles. The highest BCUT2D eigenvalue weighted by Gasteiger charge is 2.23. The molecule has 0 aromatic heterocycles. The van der Waals surface area contributed by atoms with Gasteiger partial charge in [-0.1, -0.05) is 6.42 Å². The van der Waals surface area contributed by atoms with Crippen molar-refractivity contribution < 1.29 is 33.9 Å². The predicted molar refractivity (Wildman–Crippen MR) is 101 cm³/mol. The zero-order valence-corrected chi connectivity index (χ0v) is 16.6. The van der Waals surface area contributed by atoms with E-state index < -0.39 is 24.0 Å². The van der Waals surface area contributed by atoms with Crippen LogP contribution in [0.15, 0.2) is 12.2 Å². The van der Waals surface area contributed by atoms with Crippen LogP contribution in [0, 0.1) is 0 Å². The summed E-state index contributed by atoms with van der Waals surface area (Å²) in [7, 11) is 0. The molecule has 4 amide bonds. The van der Waals surface area contributed by atoms with Gasteiger partial charge in [0.25, 0.3) is 11.8 Å². The Balaban J connectivity index is 2.27. The fraction of sp³-hybridized carbons (Fsp3) is 0.579. The number of hydrogen-bond donors (Lipinski definition) is 3. The number of ketones is 1. The van der Waals surface area contributed by atoms with Crippen molar-refractivity contribution in [2.75, 3.05) is 6.54 Å². The molecule has 1 aliphatic rings. The van der Waals surface area contributed by atoms with Crippen LogP contribution in [0.25, 0.3) is 0 Å². The maximum absolute atomic E-state index is 12.1. The van der Waals surface area contributed by atoms with Crippen molar-refractivity contribution in [3.63, 3.8) is 0 Å². The number of carboxylic acid groups (broad SMARTS) is 1. The Kier molecular flexibility index (Phi) is 9.70. The first-order valence-corrected chi connectivity index (χ1v) is 9.47. The largest absolute Gasteiger partial charge is 0.481 e. The minimum Gasteiger partial charge on any atom is -0.481 e. The number of carbonyl (C=O) groups excluding carboxylic acids is 5. The molecule has 1 rings (SSSR count). The van der Waals surface area contributed by atoms with Gasteiger partial charge in [-0.25, -0.2) is 0 Å². The lowest BCUT2D eigenvalue weighted by Crippen LogP contribution is -2.50. The van der Waals surface area contributed by atoms with Crippen molar-refractivity contribution in [3.05, 3.63) is 12.2 Å². The number of unbranched alkanes of at least 4 members (excludes halogenated alkanes) is 2. The first-order valence-electron chi connectivity index (χ1n) is 9.47. The summed E-state index contributed by atoms with van der Waals surface area (Å²) < 4.78 is 0. The van der Waals surface area contributed by atoms with E-state index in [1.165, 1.54) is 26.0 Å². The van der Waals surface area contributed by atoms with Crippen LogP contribution < -0.4 is 10.6 Å². The number of hydrogen-bond acceptors (Lipinski definition) is 6. The number of Topliss-reactive ketones (excluding diaryl/α,β-unsaturated/α-hetero) is 1. The average molecular weight is 409 g/mol. The fourth-order valence-electron chi connectivity index (χ4n) is 2.70. The van der Waals surface area contributed by atoms with Crippen LogP contribution in [0.1, 0.15) is 52.4 Å². The molecular formula is C19H27N3O7. The van der Waals surface area contributed by atoms with E-state index in [0.717, 1.165) is 4.90 Å². The SMILES string of the molecule is CC(=O)[C@H](CCC(=O)O)NC(=O)[C@H](C)NC(=O)CCCCCN1C(=O)C=CC1=O. The number of amides is 4. The number of carbonyl (C=O) groups is 6. The van der Waals surface area contributed by atoms with Crippen molar-refractivity contribution in [3.8, 4) is 0 Å². The van der Waals surface area contributed by atoms with Crippen LogP contribution in [0.3, 0.4) is 0 Å². The molecule has 0 fully saturated rings. The Hall–Kier alpha value is -3.04.